The van der Waals surface area contributed by atoms with E-state index in [2.05, 4.69) is 25.9 Å². The van der Waals surface area contributed by atoms with Crippen LogP contribution in [0, 0.1) is 0 Å². The zero-order chi connectivity index (χ0) is 23.3. The maximum absolute atomic E-state index is 13.2. The number of amides is 2. The predicted octanol–water partition coefficient (Wildman–Crippen LogP) is 3.74. The quantitative estimate of drug-likeness (QED) is 0.546. The summed E-state index contributed by atoms with van der Waals surface area (Å²) in [5.41, 5.74) is 6.25. The molecule has 1 saturated heterocycles. The van der Waals surface area contributed by atoms with Crippen molar-refractivity contribution in [2.45, 2.75) is 38.3 Å². The number of nitrogens with zero attached hydrogens (tertiary/aromatic N) is 3. The van der Waals surface area contributed by atoms with E-state index in [0.717, 1.165) is 48.0 Å². The van der Waals surface area contributed by atoms with Gasteiger partial charge in [-0.3, -0.25) is 9.59 Å². The summed E-state index contributed by atoms with van der Waals surface area (Å²) in [7, 11) is 0. The van der Waals surface area contributed by atoms with Crippen LogP contribution in [-0.4, -0.2) is 45.4 Å². The van der Waals surface area contributed by atoms with E-state index in [9.17, 15) is 9.59 Å². The molecule has 172 valence electrons. The van der Waals surface area contributed by atoms with Gasteiger partial charge in [0.25, 0.3) is 5.91 Å². The Kier molecular flexibility index (Phi) is 4.76. The number of carbonyl (C=O) groups excluding carboxylic acids is 2. The lowest BCUT2D eigenvalue weighted by atomic mass is 9.90. The van der Waals surface area contributed by atoms with Crippen LogP contribution >= 0.6 is 0 Å². The van der Waals surface area contributed by atoms with Crippen molar-refractivity contribution in [2.24, 2.45) is 0 Å². The van der Waals surface area contributed by atoms with E-state index < -0.39 is 0 Å². The second-order valence-electron chi connectivity index (χ2n) is 9.29. The molecule has 0 radical (unpaired) electrons. The number of nitrogens with one attached hydrogen (secondary N) is 3. The van der Waals surface area contributed by atoms with Gasteiger partial charge < -0.3 is 20.9 Å². The Labute approximate surface area is 197 Å². The number of carbonyl (C=O) groups is 2. The third-order valence-corrected chi connectivity index (χ3v) is 6.79. The topological polar surface area (TPSA) is 99.3 Å². The molecule has 0 unspecified atom stereocenters. The first-order chi connectivity index (χ1) is 16.5. The van der Waals surface area contributed by atoms with Crippen LogP contribution in [0.3, 0.4) is 0 Å². The molecule has 34 heavy (non-hydrogen) atoms. The van der Waals surface area contributed by atoms with Crippen LogP contribution in [0.15, 0.2) is 54.2 Å². The molecule has 1 aliphatic carbocycles. The summed E-state index contributed by atoms with van der Waals surface area (Å²) in [5, 5.41) is 11.3. The smallest absolute Gasteiger partial charge is 0.272 e. The third-order valence-electron chi connectivity index (χ3n) is 6.79. The number of piperidine rings is 1. The molecular formula is C26H26N6O2. The minimum Gasteiger partial charge on any atom is -0.362 e. The fourth-order valence-corrected chi connectivity index (χ4v) is 4.90. The minimum absolute atomic E-state index is 0.0562. The summed E-state index contributed by atoms with van der Waals surface area (Å²) in [6.45, 7) is 2.77. The van der Waals surface area contributed by atoms with Gasteiger partial charge in [-0.2, -0.15) is 0 Å². The Bertz CT molecular complexity index is 1350. The van der Waals surface area contributed by atoms with Crippen LogP contribution < -0.4 is 16.0 Å². The van der Waals surface area contributed by atoms with Crippen molar-refractivity contribution < 1.29 is 9.59 Å². The van der Waals surface area contributed by atoms with Crippen LogP contribution in [0.4, 0.5) is 11.4 Å². The highest BCUT2D eigenvalue weighted by Gasteiger charge is 2.41. The molecule has 0 bridgehead atoms. The van der Waals surface area contributed by atoms with Gasteiger partial charge in [-0.15, -0.1) is 0 Å². The van der Waals surface area contributed by atoms with E-state index >= 15 is 0 Å². The summed E-state index contributed by atoms with van der Waals surface area (Å²) in [5.74, 6) is -0.137. The van der Waals surface area contributed by atoms with E-state index in [1.54, 1.807) is 12.3 Å². The largest absolute Gasteiger partial charge is 0.362 e. The van der Waals surface area contributed by atoms with Gasteiger partial charge in [-0.05, 0) is 60.9 Å². The predicted molar refractivity (Wildman–Crippen MR) is 131 cm³/mol. The number of fused-ring (bicyclic) bond motifs is 2. The first-order valence-corrected chi connectivity index (χ1v) is 11.7. The molecular weight excluding hydrogens is 428 g/mol. The summed E-state index contributed by atoms with van der Waals surface area (Å²) >= 11 is 0. The van der Waals surface area contributed by atoms with E-state index in [-0.39, 0.29) is 17.5 Å². The van der Waals surface area contributed by atoms with Gasteiger partial charge in [0.05, 0.1) is 0 Å². The van der Waals surface area contributed by atoms with Gasteiger partial charge in [0.1, 0.15) is 11.4 Å². The van der Waals surface area contributed by atoms with Gasteiger partial charge in [0.15, 0.2) is 5.65 Å². The second kappa shape index (κ2) is 7.83. The molecule has 0 atom stereocenters. The van der Waals surface area contributed by atoms with Gasteiger partial charge in [-0.1, -0.05) is 0 Å². The summed E-state index contributed by atoms with van der Waals surface area (Å²) in [6, 6.07) is 13.5. The zero-order valence-corrected chi connectivity index (χ0v) is 19.0. The normalized spacial score (nSPS) is 18.2. The highest BCUT2D eigenvalue weighted by molar-refractivity contribution is 5.95. The standard InChI is InChI=1S/C26H26N6O2/c1-16(33)28-19-7-9-21-20(15-19)23(17-4-5-17)31-26(30-21)10-13-32(14-11-26)25(34)22-8-6-18-3-2-12-27-24(18)29-22/h2-3,6-9,12,15,30-31H,4-5,10-11,13-14H2,1H3,(H,28,33). The van der Waals surface area contributed by atoms with Crippen molar-refractivity contribution in [1.82, 2.24) is 20.2 Å². The molecule has 8 nitrogen and oxygen atoms in total. The van der Waals surface area contributed by atoms with Gasteiger partial charge >= 0.3 is 0 Å². The van der Waals surface area contributed by atoms with Crippen LogP contribution in [0.2, 0.25) is 0 Å². The van der Waals surface area contributed by atoms with Crippen LogP contribution in [0.25, 0.3) is 16.7 Å². The SMILES string of the molecule is CC(=O)Nc1ccc2c(c1)C(=C1CC1)NC1(CCN(C(=O)c3ccc4cccnc4n3)CC1)N2. The zero-order valence-electron chi connectivity index (χ0n) is 19.0. The molecule has 8 heteroatoms. The van der Waals surface area contributed by atoms with Crippen molar-refractivity contribution >= 4 is 39.9 Å². The second-order valence-corrected chi connectivity index (χ2v) is 9.29. The summed E-state index contributed by atoms with van der Waals surface area (Å²) in [4.78, 5) is 35.3. The number of anilines is 2. The van der Waals surface area contributed by atoms with E-state index in [4.69, 9.17) is 0 Å². The molecule has 3 N–H and O–H groups in total. The fourth-order valence-electron chi connectivity index (χ4n) is 4.90. The average molecular weight is 455 g/mol. The van der Waals surface area contributed by atoms with Gasteiger partial charge in [-0.25, -0.2) is 9.97 Å². The number of likely N-dealkylation sites (tertiary alicyclic amines) is 1. The molecule has 4 heterocycles. The van der Waals surface area contributed by atoms with Crippen molar-refractivity contribution in [2.75, 3.05) is 23.7 Å². The Morgan fingerprint density at radius 2 is 1.88 bits per heavy atom. The number of pyridine rings is 2. The number of hydrogen-bond donors (Lipinski definition) is 3. The van der Waals surface area contributed by atoms with E-state index in [0.29, 0.717) is 24.4 Å². The molecule has 2 fully saturated rings. The molecule has 2 aliphatic heterocycles. The van der Waals surface area contributed by atoms with Crippen LogP contribution in [0.5, 0.6) is 0 Å². The maximum Gasteiger partial charge on any atom is 0.272 e. The highest BCUT2D eigenvalue weighted by Crippen LogP contribution is 2.44. The number of aromatic nitrogens is 2. The van der Waals surface area contributed by atoms with Crippen molar-refractivity contribution in [3.8, 4) is 0 Å². The summed E-state index contributed by atoms with van der Waals surface area (Å²) < 4.78 is 0. The molecule has 1 spiro atoms. The molecule has 6 rings (SSSR count). The van der Waals surface area contributed by atoms with Gasteiger partial charge in [0, 0.05) is 67.1 Å². The lowest BCUT2D eigenvalue weighted by Crippen LogP contribution is -2.60. The Morgan fingerprint density at radius 1 is 1.06 bits per heavy atom. The minimum atomic E-state index is -0.303. The molecule has 1 saturated carbocycles. The highest BCUT2D eigenvalue weighted by atomic mass is 16.2. The van der Waals surface area contributed by atoms with E-state index in [1.807, 2.05) is 41.3 Å². The third kappa shape index (κ3) is 3.75. The maximum atomic E-state index is 13.2. The lowest BCUT2D eigenvalue weighted by Gasteiger charge is -2.47. The molecule has 3 aromatic rings. The molecule has 2 amide bonds. The first kappa shape index (κ1) is 20.7. The number of allylic oxidation sites excluding steroid dienone is 1. The first-order valence-electron chi connectivity index (χ1n) is 11.7. The van der Waals surface area contributed by atoms with Gasteiger partial charge in [0.2, 0.25) is 5.91 Å². The fraction of sp³-hybridized carbons (Fsp3) is 0.308. The number of benzene rings is 1. The molecule has 1 aromatic carbocycles. The Balaban J connectivity index is 1.21. The van der Waals surface area contributed by atoms with Crippen LogP contribution in [-0.2, 0) is 4.79 Å². The Hall–Kier alpha value is -3.94. The van der Waals surface area contributed by atoms with Crippen LogP contribution in [0.1, 0.15) is 48.7 Å². The molecule has 2 aromatic heterocycles. The van der Waals surface area contributed by atoms with Crippen molar-refractivity contribution in [3.05, 3.63) is 65.5 Å². The molecule has 3 aliphatic rings. The van der Waals surface area contributed by atoms with Crippen molar-refractivity contribution in [3.63, 3.8) is 0 Å². The number of hydrogen-bond acceptors (Lipinski definition) is 6. The summed E-state index contributed by atoms with van der Waals surface area (Å²) in [6.07, 6.45) is 5.42. The Morgan fingerprint density at radius 3 is 2.65 bits per heavy atom. The lowest BCUT2D eigenvalue weighted by molar-refractivity contribution is -0.114. The van der Waals surface area contributed by atoms with Crippen molar-refractivity contribution in [1.29, 1.82) is 0 Å². The number of rotatable bonds is 2. The monoisotopic (exact) mass is 454 g/mol. The van der Waals surface area contributed by atoms with E-state index in [1.165, 1.54) is 18.2 Å². The average Bonchev–Trinajstić information content (AvgIpc) is 3.69.